The van der Waals surface area contributed by atoms with E-state index in [4.69, 9.17) is 5.11 Å². The predicted molar refractivity (Wildman–Crippen MR) is 58.1 cm³/mol. The summed E-state index contributed by atoms with van der Waals surface area (Å²) in [5.41, 5.74) is -0.0764. The number of aliphatic hydroxyl groups is 1. The van der Waals surface area contributed by atoms with Gasteiger partial charge in [0.1, 0.15) is 5.69 Å². The first-order chi connectivity index (χ1) is 7.54. The second-order valence-corrected chi connectivity index (χ2v) is 3.68. The molecule has 0 aromatic carbocycles. The number of aryl methyl sites for hydroxylation is 1. The van der Waals surface area contributed by atoms with Crippen molar-refractivity contribution in [1.29, 1.82) is 0 Å². The molecule has 1 atom stereocenters. The molecule has 0 bridgehead atoms. The summed E-state index contributed by atoms with van der Waals surface area (Å²) in [7, 11) is 1.48. The van der Waals surface area contributed by atoms with E-state index in [0.29, 0.717) is 6.54 Å². The van der Waals surface area contributed by atoms with Gasteiger partial charge in [-0.3, -0.25) is 9.59 Å². The molecule has 0 aliphatic carbocycles. The molecular weight excluding hydrogens is 210 g/mol. The van der Waals surface area contributed by atoms with Crippen molar-refractivity contribution in [2.45, 2.75) is 6.92 Å². The fourth-order valence-electron chi connectivity index (χ4n) is 1.05. The number of amides is 1. The zero-order chi connectivity index (χ0) is 12.1. The highest BCUT2D eigenvalue weighted by Crippen LogP contribution is 1.93. The number of carbonyl (C=O) groups excluding carboxylic acids is 1. The van der Waals surface area contributed by atoms with Crippen LogP contribution in [0.3, 0.4) is 0 Å². The molecule has 0 saturated carbocycles. The molecule has 0 radical (unpaired) electrons. The molecule has 1 heterocycles. The van der Waals surface area contributed by atoms with Gasteiger partial charge in [0.15, 0.2) is 0 Å². The zero-order valence-corrected chi connectivity index (χ0v) is 9.30. The van der Waals surface area contributed by atoms with Crippen LogP contribution >= 0.6 is 0 Å². The molecule has 6 heteroatoms. The average Bonchev–Trinajstić information content (AvgIpc) is 2.29. The van der Waals surface area contributed by atoms with Crippen LogP contribution in [0, 0.1) is 5.92 Å². The summed E-state index contributed by atoms with van der Waals surface area (Å²) in [6, 6.07) is 2.67. The van der Waals surface area contributed by atoms with Crippen molar-refractivity contribution in [2.24, 2.45) is 13.0 Å². The minimum Gasteiger partial charge on any atom is -0.396 e. The number of hydrogen-bond donors (Lipinski definition) is 2. The lowest BCUT2D eigenvalue weighted by atomic mass is 10.2. The summed E-state index contributed by atoms with van der Waals surface area (Å²) >= 11 is 0. The van der Waals surface area contributed by atoms with E-state index in [9.17, 15) is 9.59 Å². The van der Waals surface area contributed by atoms with Gasteiger partial charge in [0.25, 0.3) is 11.5 Å². The Morgan fingerprint density at radius 2 is 2.31 bits per heavy atom. The van der Waals surface area contributed by atoms with E-state index < -0.39 is 0 Å². The molecule has 1 unspecified atom stereocenters. The van der Waals surface area contributed by atoms with E-state index in [2.05, 4.69) is 10.4 Å². The smallest absolute Gasteiger partial charge is 0.271 e. The molecular formula is C10H15N3O3. The first-order valence-corrected chi connectivity index (χ1v) is 4.98. The Labute approximate surface area is 92.9 Å². The second kappa shape index (κ2) is 5.41. The van der Waals surface area contributed by atoms with Gasteiger partial charge in [0.05, 0.1) is 0 Å². The number of aromatic nitrogens is 2. The third-order valence-corrected chi connectivity index (χ3v) is 2.12. The third kappa shape index (κ3) is 3.16. The summed E-state index contributed by atoms with van der Waals surface area (Å²) in [5, 5.41) is 15.2. The van der Waals surface area contributed by atoms with E-state index in [1.54, 1.807) is 0 Å². The number of carbonyl (C=O) groups is 1. The van der Waals surface area contributed by atoms with E-state index in [0.717, 1.165) is 4.68 Å². The normalized spacial score (nSPS) is 12.2. The van der Waals surface area contributed by atoms with E-state index in [-0.39, 0.29) is 29.7 Å². The lowest BCUT2D eigenvalue weighted by molar-refractivity contribution is 0.0935. The Bertz CT molecular complexity index is 428. The Hall–Kier alpha value is -1.69. The minimum absolute atomic E-state index is 0.00326. The van der Waals surface area contributed by atoms with Gasteiger partial charge in [-0.05, 0) is 12.0 Å². The van der Waals surface area contributed by atoms with Gasteiger partial charge in [0, 0.05) is 26.3 Å². The van der Waals surface area contributed by atoms with Gasteiger partial charge in [-0.25, -0.2) is 4.68 Å². The van der Waals surface area contributed by atoms with Gasteiger partial charge >= 0.3 is 0 Å². The first-order valence-electron chi connectivity index (χ1n) is 4.98. The molecule has 1 rings (SSSR count). The van der Waals surface area contributed by atoms with Gasteiger partial charge in [0.2, 0.25) is 0 Å². The highest BCUT2D eigenvalue weighted by atomic mass is 16.3. The summed E-state index contributed by atoms with van der Waals surface area (Å²) in [4.78, 5) is 22.6. The van der Waals surface area contributed by atoms with Crippen LogP contribution in [-0.2, 0) is 7.05 Å². The van der Waals surface area contributed by atoms with Crippen LogP contribution in [0.5, 0.6) is 0 Å². The van der Waals surface area contributed by atoms with Crippen LogP contribution in [0.15, 0.2) is 16.9 Å². The quantitative estimate of drug-likeness (QED) is 0.698. The van der Waals surface area contributed by atoms with Crippen molar-refractivity contribution in [3.8, 4) is 0 Å². The van der Waals surface area contributed by atoms with E-state index in [1.165, 1.54) is 19.2 Å². The van der Waals surface area contributed by atoms with Crippen LogP contribution in [0.25, 0.3) is 0 Å². The molecule has 0 spiro atoms. The summed E-state index contributed by atoms with van der Waals surface area (Å²) < 4.78 is 1.10. The van der Waals surface area contributed by atoms with Crippen LogP contribution < -0.4 is 10.9 Å². The number of hydrogen-bond acceptors (Lipinski definition) is 4. The SMILES string of the molecule is CC(CO)CNC(=O)c1ccc(=O)n(C)n1. The maximum absolute atomic E-state index is 11.6. The fraction of sp³-hybridized carbons (Fsp3) is 0.500. The van der Waals surface area contributed by atoms with Crippen molar-refractivity contribution in [1.82, 2.24) is 15.1 Å². The maximum atomic E-state index is 11.6. The molecule has 88 valence electrons. The highest BCUT2D eigenvalue weighted by molar-refractivity contribution is 5.91. The molecule has 1 amide bonds. The van der Waals surface area contributed by atoms with E-state index >= 15 is 0 Å². The summed E-state index contributed by atoms with van der Waals surface area (Å²) in [6.07, 6.45) is 0. The maximum Gasteiger partial charge on any atom is 0.271 e. The predicted octanol–water partition coefficient (Wildman–Crippen LogP) is -0.861. The molecule has 2 N–H and O–H groups in total. The van der Waals surface area contributed by atoms with Crippen molar-refractivity contribution in [2.75, 3.05) is 13.2 Å². The van der Waals surface area contributed by atoms with Gasteiger partial charge in [-0.2, -0.15) is 5.10 Å². The average molecular weight is 225 g/mol. The largest absolute Gasteiger partial charge is 0.396 e. The molecule has 16 heavy (non-hydrogen) atoms. The number of nitrogens with one attached hydrogen (secondary N) is 1. The van der Waals surface area contributed by atoms with Crippen LogP contribution in [0.1, 0.15) is 17.4 Å². The Balaban J connectivity index is 2.66. The monoisotopic (exact) mass is 225 g/mol. The van der Waals surface area contributed by atoms with Gasteiger partial charge in [-0.15, -0.1) is 0 Å². The Morgan fingerprint density at radius 1 is 1.62 bits per heavy atom. The lowest BCUT2D eigenvalue weighted by Crippen LogP contribution is -2.32. The fourth-order valence-corrected chi connectivity index (χ4v) is 1.05. The summed E-state index contributed by atoms with van der Waals surface area (Å²) in [5.74, 6) is -0.354. The molecule has 1 aromatic heterocycles. The third-order valence-electron chi connectivity index (χ3n) is 2.12. The Morgan fingerprint density at radius 3 is 2.88 bits per heavy atom. The van der Waals surface area contributed by atoms with Crippen LogP contribution in [-0.4, -0.2) is 33.9 Å². The van der Waals surface area contributed by atoms with Gasteiger partial charge < -0.3 is 10.4 Å². The lowest BCUT2D eigenvalue weighted by Gasteiger charge is -2.09. The number of aliphatic hydroxyl groups excluding tert-OH is 1. The van der Waals surface area contributed by atoms with Crippen molar-refractivity contribution < 1.29 is 9.90 Å². The molecule has 0 saturated heterocycles. The molecule has 6 nitrogen and oxygen atoms in total. The summed E-state index contributed by atoms with van der Waals surface area (Å²) in [6.45, 7) is 2.20. The Kier molecular flexibility index (Phi) is 4.19. The minimum atomic E-state index is -0.351. The molecule has 0 aliphatic heterocycles. The van der Waals surface area contributed by atoms with Crippen LogP contribution in [0.4, 0.5) is 0 Å². The first kappa shape index (κ1) is 12.4. The number of nitrogens with zero attached hydrogens (tertiary/aromatic N) is 2. The molecule has 0 fully saturated rings. The molecule has 0 aliphatic rings. The zero-order valence-electron chi connectivity index (χ0n) is 9.30. The van der Waals surface area contributed by atoms with Crippen molar-refractivity contribution in [3.63, 3.8) is 0 Å². The van der Waals surface area contributed by atoms with Crippen molar-refractivity contribution >= 4 is 5.91 Å². The van der Waals surface area contributed by atoms with Crippen molar-refractivity contribution in [3.05, 3.63) is 28.2 Å². The topological polar surface area (TPSA) is 84.2 Å². The number of rotatable bonds is 4. The highest BCUT2D eigenvalue weighted by Gasteiger charge is 2.09. The molecule has 1 aromatic rings. The van der Waals surface area contributed by atoms with Gasteiger partial charge in [-0.1, -0.05) is 6.92 Å². The van der Waals surface area contributed by atoms with Crippen LogP contribution in [0.2, 0.25) is 0 Å². The second-order valence-electron chi connectivity index (χ2n) is 3.68. The van der Waals surface area contributed by atoms with E-state index in [1.807, 2.05) is 6.92 Å². The standard InChI is InChI=1S/C10H15N3O3/c1-7(6-14)5-11-10(16)8-3-4-9(15)13(2)12-8/h3-4,7,14H,5-6H2,1-2H3,(H,11,16).